The van der Waals surface area contributed by atoms with Crippen LogP contribution in [0.2, 0.25) is 0 Å². The Morgan fingerprint density at radius 3 is 2.89 bits per heavy atom. The van der Waals surface area contributed by atoms with Crippen LogP contribution < -0.4 is 15.5 Å². The lowest BCUT2D eigenvalue weighted by atomic mass is 9.77. The van der Waals surface area contributed by atoms with Gasteiger partial charge in [-0.1, -0.05) is 18.2 Å². The van der Waals surface area contributed by atoms with Crippen LogP contribution in [0, 0.1) is 5.95 Å². The Balaban J connectivity index is 1.31. The molecule has 184 valence electrons. The first-order chi connectivity index (χ1) is 17.5. The second kappa shape index (κ2) is 7.64. The minimum absolute atomic E-state index is 0.145. The minimum atomic E-state index is -1.18. The minimum Gasteiger partial charge on any atom is -0.391 e. The van der Waals surface area contributed by atoms with E-state index in [2.05, 4.69) is 20.5 Å². The van der Waals surface area contributed by atoms with Crippen LogP contribution in [0.5, 0.6) is 0 Å². The maximum Gasteiger partial charge on any atom is 0.250 e. The molecule has 1 saturated heterocycles. The van der Waals surface area contributed by atoms with Gasteiger partial charge in [-0.15, -0.1) is 0 Å². The molecule has 0 radical (unpaired) electrons. The molecule has 3 aromatic rings. The Kier molecular flexibility index (Phi) is 4.57. The summed E-state index contributed by atoms with van der Waals surface area (Å²) in [5.41, 5.74) is 2.02. The number of aliphatic hydroxyl groups excluding tert-OH is 1. The first kappa shape index (κ1) is 21.6. The Morgan fingerprint density at radius 2 is 2.08 bits per heavy atom. The van der Waals surface area contributed by atoms with Gasteiger partial charge < -0.3 is 20.6 Å². The average molecular weight is 487 g/mol. The van der Waals surface area contributed by atoms with E-state index in [-0.39, 0.29) is 23.2 Å². The van der Waals surface area contributed by atoms with E-state index >= 15 is 4.39 Å². The van der Waals surface area contributed by atoms with E-state index < -0.39 is 11.5 Å². The number of anilines is 2. The van der Waals surface area contributed by atoms with E-state index in [1.807, 2.05) is 42.6 Å². The monoisotopic (exact) mass is 486 g/mol. The lowest BCUT2D eigenvalue weighted by Gasteiger charge is -2.40. The average Bonchev–Trinajstić information content (AvgIpc) is 3.42. The van der Waals surface area contributed by atoms with Crippen LogP contribution in [-0.2, 0) is 10.3 Å². The first-order valence-corrected chi connectivity index (χ1v) is 12.5. The van der Waals surface area contributed by atoms with Crippen LogP contribution in [0.1, 0.15) is 37.8 Å². The summed E-state index contributed by atoms with van der Waals surface area (Å²) in [6.07, 6.45) is 11.6. The number of amides is 1. The summed E-state index contributed by atoms with van der Waals surface area (Å²) in [5.74, 6) is -0.305. The van der Waals surface area contributed by atoms with Crippen LogP contribution in [0.4, 0.5) is 15.9 Å². The number of pyridine rings is 2. The number of hydrogen-bond acceptors (Lipinski definition) is 6. The molecule has 1 spiro atoms. The molecule has 1 amide bonds. The van der Waals surface area contributed by atoms with Crippen molar-refractivity contribution >= 4 is 23.1 Å². The van der Waals surface area contributed by atoms with Gasteiger partial charge in [-0.25, -0.2) is 9.97 Å². The molecular formula is C27H27FN6O2. The van der Waals surface area contributed by atoms with Crippen LogP contribution in [0.15, 0.2) is 66.0 Å². The largest absolute Gasteiger partial charge is 0.391 e. The van der Waals surface area contributed by atoms with Gasteiger partial charge in [-0.3, -0.25) is 9.20 Å². The summed E-state index contributed by atoms with van der Waals surface area (Å²) in [6, 6.07) is 9.25. The summed E-state index contributed by atoms with van der Waals surface area (Å²) in [7, 11) is 0. The number of aromatic nitrogens is 3. The number of aliphatic hydroxyl groups is 1. The van der Waals surface area contributed by atoms with E-state index in [1.165, 1.54) is 0 Å². The molecular weight excluding hydrogens is 459 g/mol. The standard InChI is InChI=1S/C27H27FN6O2/c28-24-23(33-13-2-1-5-21(33)31-24)27(9-3-4-17-14-30-25(36)22(17)27)32-20-7-6-18(15-29-20)34-16-19(35)8-10-26(34)11-12-26/h1-7,13,15,19,35H,8-12,14,16H2,(H,29,32)(H,30,36). The zero-order valence-corrected chi connectivity index (χ0v) is 19.7. The molecule has 0 bridgehead atoms. The fraction of sp³-hybridized carbons (Fsp3) is 0.370. The SMILES string of the molecule is O=C1NCC2=C1C(Nc1ccc(N3CC(O)CCC34CC4)cn1)(c1c(F)nc3ccccn13)CC=C2. The molecule has 36 heavy (non-hydrogen) atoms. The van der Waals surface area contributed by atoms with Gasteiger partial charge in [0.05, 0.1) is 23.6 Å². The molecule has 2 aliphatic carbocycles. The summed E-state index contributed by atoms with van der Waals surface area (Å²) >= 11 is 0. The van der Waals surface area contributed by atoms with Crippen molar-refractivity contribution < 1.29 is 14.3 Å². The normalized spacial score (nSPS) is 26.4. The highest BCUT2D eigenvalue weighted by atomic mass is 19.1. The molecule has 3 N–H and O–H groups in total. The topological polar surface area (TPSA) is 94.8 Å². The fourth-order valence-corrected chi connectivity index (χ4v) is 6.27. The highest BCUT2D eigenvalue weighted by Gasteiger charge is 2.51. The van der Waals surface area contributed by atoms with Crippen LogP contribution in [0.25, 0.3) is 5.65 Å². The van der Waals surface area contributed by atoms with Crippen LogP contribution in [-0.4, -0.2) is 50.1 Å². The summed E-state index contributed by atoms with van der Waals surface area (Å²) in [4.78, 5) is 24.2. The van der Waals surface area contributed by atoms with E-state index in [0.29, 0.717) is 36.5 Å². The van der Waals surface area contributed by atoms with Gasteiger partial charge in [0.15, 0.2) is 0 Å². The third-order valence-electron chi connectivity index (χ3n) is 8.19. The van der Waals surface area contributed by atoms with Gasteiger partial charge in [0.2, 0.25) is 5.95 Å². The van der Waals surface area contributed by atoms with E-state index in [9.17, 15) is 9.90 Å². The second-order valence-corrected chi connectivity index (χ2v) is 10.3. The fourth-order valence-electron chi connectivity index (χ4n) is 6.27. The molecule has 0 aromatic carbocycles. The van der Waals surface area contributed by atoms with Crippen molar-refractivity contribution in [1.29, 1.82) is 0 Å². The van der Waals surface area contributed by atoms with Gasteiger partial charge >= 0.3 is 0 Å². The van der Waals surface area contributed by atoms with Gasteiger partial charge in [-0.05, 0) is 61.9 Å². The number of rotatable bonds is 4. The van der Waals surface area contributed by atoms with E-state index in [1.54, 1.807) is 16.7 Å². The molecule has 8 nitrogen and oxygen atoms in total. The lowest BCUT2D eigenvalue weighted by molar-refractivity contribution is -0.117. The summed E-state index contributed by atoms with van der Waals surface area (Å²) in [5, 5.41) is 16.6. The zero-order valence-electron chi connectivity index (χ0n) is 19.7. The number of carbonyl (C=O) groups is 1. The molecule has 2 fully saturated rings. The van der Waals surface area contributed by atoms with Crippen molar-refractivity contribution in [2.24, 2.45) is 0 Å². The van der Waals surface area contributed by atoms with E-state index in [4.69, 9.17) is 4.98 Å². The number of β-amino-alcohol motifs (C(OH)–C–C–N with tert-alkyl or cyclic N) is 1. The van der Waals surface area contributed by atoms with Crippen LogP contribution >= 0.6 is 0 Å². The predicted molar refractivity (Wildman–Crippen MR) is 133 cm³/mol. The lowest BCUT2D eigenvalue weighted by Crippen LogP contribution is -2.47. The van der Waals surface area contributed by atoms with Gasteiger partial charge in [0.25, 0.3) is 5.91 Å². The highest BCUT2D eigenvalue weighted by molar-refractivity contribution is 6.01. The first-order valence-electron chi connectivity index (χ1n) is 12.5. The zero-order chi connectivity index (χ0) is 24.5. The molecule has 1 saturated carbocycles. The van der Waals surface area contributed by atoms with E-state index in [0.717, 1.165) is 36.9 Å². The Hall–Kier alpha value is -3.72. The summed E-state index contributed by atoms with van der Waals surface area (Å²) in [6.45, 7) is 1.00. The number of carbonyl (C=O) groups excluding carboxylic acids is 1. The Bertz CT molecular complexity index is 1440. The molecule has 4 aliphatic rings. The molecule has 2 unspecified atom stereocenters. The number of nitrogens with zero attached hydrogens (tertiary/aromatic N) is 4. The quantitative estimate of drug-likeness (QED) is 0.525. The van der Waals surface area contributed by atoms with Gasteiger partial charge in [-0.2, -0.15) is 4.39 Å². The van der Waals surface area contributed by atoms with Crippen molar-refractivity contribution in [3.05, 3.63) is 77.7 Å². The number of imidazole rings is 1. The van der Waals surface area contributed by atoms with Crippen molar-refractivity contribution in [2.75, 3.05) is 23.3 Å². The maximum atomic E-state index is 15.6. The number of piperidine rings is 1. The van der Waals surface area contributed by atoms with Gasteiger partial charge in [0, 0.05) is 24.8 Å². The molecule has 5 heterocycles. The number of halogens is 1. The van der Waals surface area contributed by atoms with Crippen molar-refractivity contribution in [2.45, 2.75) is 49.3 Å². The molecule has 2 aliphatic heterocycles. The molecule has 7 rings (SSSR count). The highest BCUT2D eigenvalue weighted by Crippen LogP contribution is 2.50. The third-order valence-corrected chi connectivity index (χ3v) is 8.19. The molecule has 9 heteroatoms. The third kappa shape index (κ3) is 3.12. The molecule has 2 atom stereocenters. The maximum absolute atomic E-state index is 15.6. The smallest absolute Gasteiger partial charge is 0.250 e. The van der Waals surface area contributed by atoms with Crippen LogP contribution in [0.3, 0.4) is 0 Å². The Labute approximate surface area is 207 Å². The second-order valence-electron chi connectivity index (χ2n) is 10.3. The molecule has 3 aromatic heterocycles. The van der Waals surface area contributed by atoms with Crippen molar-refractivity contribution in [1.82, 2.24) is 19.7 Å². The Morgan fingerprint density at radius 1 is 1.19 bits per heavy atom. The number of nitrogens with one attached hydrogen (secondary N) is 2. The summed E-state index contributed by atoms with van der Waals surface area (Å²) < 4.78 is 17.3. The van der Waals surface area contributed by atoms with Gasteiger partial charge in [0.1, 0.15) is 22.7 Å². The number of hydrogen-bond donors (Lipinski definition) is 3. The van der Waals surface area contributed by atoms with Crippen molar-refractivity contribution in [3.8, 4) is 0 Å². The van der Waals surface area contributed by atoms with Crippen molar-refractivity contribution in [3.63, 3.8) is 0 Å². The number of fused-ring (bicyclic) bond motifs is 1. The predicted octanol–water partition coefficient (Wildman–Crippen LogP) is 3.06.